The van der Waals surface area contributed by atoms with E-state index in [-0.39, 0.29) is 0 Å². The summed E-state index contributed by atoms with van der Waals surface area (Å²) in [5, 5.41) is 5.61. The quantitative estimate of drug-likeness (QED) is 0.928. The number of imidazole rings is 1. The first-order chi connectivity index (χ1) is 9.29. The van der Waals surface area contributed by atoms with Gasteiger partial charge in [0.25, 0.3) is 0 Å². The van der Waals surface area contributed by atoms with Crippen molar-refractivity contribution in [2.75, 3.05) is 7.05 Å². The lowest BCUT2D eigenvalue weighted by Crippen LogP contribution is -2.39. The Morgan fingerprint density at radius 2 is 2.32 bits per heavy atom. The van der Waals surface area contributed by atoms with Crippen molar-refractivity contribution in [3.63, 3.8) is 0 Å². The molecule has 2 aromatic rings. The molecule has 19 heavy (non-hydrogen) atoms. The molecule has 1 saturated carbocycles. The first-order valence-electron chi connectivity index (χ1n) is 7.03. The summed E-state index contributed by atoms with van der Waals surface area (Å²) in [4.78, 5) is 5.84. The maximum Gasteiger partial charge on any atom is 0.150 e. The highest BCUT2D eigenvalue weighted by Crippen LogP contribution is 2.35. The van der Waals surface area contributed by atoms with Gasteiger partial charge in [0.15, 0.2) is 0 Å². The number of aromatic nitrogens is 2. The average molecular weight is 275 g/mol. The molecule has 2 heterocycles. The second-order valence-corrected chi connectivity index (χ2v) is 6.46. The van der Waals surface area contributed by atoms with Crippen LogP contribution in [0.5, 0.6) is 0 Å². The third-order valence-corrected chi connectivity index (χ3v) is 5.08. The van der Waals surface area contributed by atoms with E-state index in [1.54, 1.807) is 11.3 Å². The van der Waals surface area contributed by atoms with Crippen molar-refractivity contribution in [3.8, 4) is 10.7 Å². The van der Waals surface area contributed by atoms with Crippen LogP contribution in [0.1, 0.15) is 32.2 Å². The third-order valence-electron chi connectivity index (χ3n) is 4.22. The molecule has 4 heteroatoms. The van der Waals surface area contributed by atoms with Crippen molar-refractivity contribution in [2.45, 2.75) is 38.3 Å². The summed E-state index contributed by atoms with van der Waals surface area (Å²) in [5.74, 6) is 1.92. The molecule has 0 aliphatic heterocycles. The lowest BCUT2D eigenvalue weighted by molar-refractivity contribution is 0.225. The van der Waals surface area contributed by atoms with Crippen LogP contribution in [-0.4, -0.2) is 22.6 Å². The van der Waals surface area contributed by atoms with Gasteiger partial charge >= 0.3 is 0 Å². The van der Waals surface area contributed by atoms with Crippen LogP contribution in [0.3, 0.4) is 0 Å². The van der Waals surface area contributed by atoms with Gasteiger partial charge in [-0.2, -0.15) is 0 Å². The van der Waals surface area contributed by atoms with Gasteiger partial charge in [0, 0.05) is 18.4 Å². The van der Waals surface area contributed by atoms with E-state index in [9.17, 15) is 0 Å². The summed E-state index contributed by atoms with van der Waals surface area (Å²) in [6, 6.07) is 5.33. The van der Waals surface area contributed by atoms with Gasteiger partial charge in [-0.15, -0.1) is 11.3 Å². The van der Waals surface area contributed by atoms with Gasteiger partial charge in [0.2, 0.25) is 0 Å². The summed E-state index contributed by atoms with van der Waals surface area (Å²) in [6.07, 6.45) is 7.89. The molecule has 1 fully saturated rings. The first-order valence-corrected chi connectivity index (χ1v) is 7.91. The number of likely N-dealkylation sites (N-methyl/N-ethyl adjacent to an activating group) is 1. The summed E-state index contributed by atoms with van der Waals surface area (Å²) in [5.41, 5.74) is 0. The Morgan fingerprint density at radius 1 is 1.42 bits per heavy atom. The number of rotatable bonds is 3. The average Bonchev–Trinajstić information content (AvgIpc) is 3.09. The van der Waals surface area contributed by atoms with Gasteiger partial charge in [-0.3, -0.25) is 0 Å². The smallest absolute Gasteiger partial charge is 0.150 e. The second-order valence-electron chi connectivity index (χ2n) is 5.52. The molecule has 1 aliphatic rings. The van der Waals surface area contributed by atoms with Crippen LogP contribution in [0.25, 0.3) is 10.7 Å². The molecule has 102 valence electrons. The number of nitrogens with zero attached hydrogens (tertiary/aromatic N) is 2. The highest BCUT2D eigenvalue weighted by molar-refractivity contribution is 7.13. The zero-order valence-electron chi connectivity index (χ0n) is 11.5. The maximum atomic E-state index is 4.57. The van der Waals surface area contributed by atoms with E-state index in [4.69, 9.17) is 0 Å². The second kappa shape index (κ2) is 5.47. The molecule has 0 spiro atoms. The standard InChI is InChI=1S/C15H21N3S/c1-11-5-6-12(16-2)13(10-11)18-8-7-17-15(18)14-4-3-9-19-14/h3-4,7-9,11-13,16H,5-6,10H2,1-2H3. The molecule has 0 radical (unpaired) electrons. The van der Waals surface area contributed by atoms with Crippen molar-refractivity contribution in [2.24, 2.45) is 5.92 Å². The summed E-state index contributed by atoms with van der Waals surface area (Å²) >= 11 is 1.76. The summed E-state index contributed by atoms with van der Waals surface area (Å²) in [6.45, 7) is 2.36. The SMILES string of the molecule is CNC1CCC(C)CC1n1ccnc1-c1cccs1. The van der Waals surface area contributed by atoms with Crippen molar-refractivity contribution in [1.29, 1.82) is 0 Å². The molecule has 0 bridgehead atoms. The Labute approximate surface area is 118 Å². The Morgan fingerprint density at radius 3 is 3.05 bits per heavy atom. The van der Waals surface area contributed by atoms with E-state index in [1.165, 1.54) is 24.1 Å². The monoisotopic (exact) mass is 275 g/mol. The van der Waals surface area contributed by atoms with E-state index in [0.717, 1.165) is 11.7 Å². The fourth-order valence-corrected chi connectivity index (χ4v) is 3.90. The van der Waals surface area contributed by atoms with E-state index < -0.39 is 0 Å². The zero-order chi connectivity index (χ0) is 13.2. The van der Waals surface area contributed by atoms with Gasteiger partial charge < -0.3 is 9.88 Å². The molecular formula is C15H21N3S. The Bertz CT molecular complexity index is 517. The minimum Gasteiger partial charge on any atom is -0.326 e. The largest absolute Gasteiger partial charge is 0.326 e. The predicted octanol–water partition coefficient (Wildman–Crippen LogP) is 3.56. The molecule has 2 aromatic heterocycles. The predicted molar refractivity (Wildman–Crippen MR) is 80.4 cm³/mol. The molecule has 3 atom stereocenters. The highest BCUT2D eigenvalue weighted by atomic mass is 32.1. The molecule has 0 saturated heterocycles. The molecule has 0 amide bonds. The molecule has 0 aromatic carbocycles. The molecule has 3 unspecified atom stereocenters. The van der Waals surface area contributed by atoms with Gasteiger partial charge in [0.05, 0.1) is 10.9 Å². The van der Waals surface area contributed by atoms with Gasteiger partial charge in [-0.25, -0.2) is 4.98 Å². The number of nitrogens with one attached hydrogen (secondary N) is 1. The Hall–Kier alpha value is -1.13. The number of hydrogen-bond acceptors (Lipinski definition) is 3. The van der Waals surface area contributed by atoms with Crippen LogP contribution < -0.4 is 5.32 Å². The van der Waals surface area contributed by atoms with Crippen LogP contribution in [0, 0.1) is 5.92 Å². The van der Waals surface area contributed by atoms with Crippen molar-refractivity contribution in [3.05, 3.63) is 29.9 Å². The van der Waals surface area contributed by atoms with Crippen LogP contribution in [-0.2, 0) is 0 Å². The maximum absolute atomic E-state index is 4.57. The topological polar surface area (TPSA) is 29.9 Å². The lowest BCUT2D eigenvalue weighted by atomic mass is 9.83. The fourth-order valence-electron chi connectivity index (χ4n) is 3.17. The molecule has 3 nitrogen and oxygen atoms in total. The summed E-state index contributed by atoms with van der Waals surface area (Å²) in [7, 11) is 2.08. The van der Waals surface area contributed by atoms with Crippen LogP contribution in [0.2, 0.25) is 0 Å². The lowest BCUT2D eigenvalue weighted by Gasteiger charge is -2.36. The van der Waals surface area contributed by atoms with Crippen LogP contribution >= 0.6 is 11.3 Å². The Kier molecular flexibility index (Phi) is 3.71. The van der Waals surface area contributed by atoms with Crippen LogP contribution in [0.15, 0.2) is 29.9 Å². The molecule has 1 aliphatic carbocycles. The third kappa shape index (κ3) is 2.47. The normalized spacial score (nSPS) is 27.6. The van der Waals surface area contributed by atoms with Gasteiger partial charge in [0.1, 0.15) is 5.82 Å². The highest BCUT2D eigenvalue weighted by Gasteiger charge is 2.30. The van der Waals surface area contributed by atoms with E-state index in [2.05, 4.69) is 52.5 Å². The van der Waals surface area contributed by atoms with Crippen molar-refractivity contribution >= 4 is 11.3 Å². The number of thiophene rings is 1. The Balaban J connectivity index is 1.94. The molecular weight excluding hydrogens is 254 g/mol. The van der Waals surface area contributed by atoms with Crippen molar-refractivity contribution < 1.29 is 0 Å². The van der Waals surface area contributed by atoms with E-state index in [0.29, 0.717) is 12.1 Å². The number of hydrogen-bond donors (Lipinski definition) is 1. The van der Waals surface area contributed by atoms with Crippen molar-refractivity contribution in [1.82, 2.24) is 14.9 Å². The summed E-state index contributed by atoms with van der Waals surface area (Å²) < 4.78 is 2.38. The minimum atomic E-state index is 0.522. The fraction of sp³-hybridized carbons (Fsp3) is 0.533. The zero-order valence-corrected chi connectivity index (χ0v) is 12.4. The van der Waals surface area contributed by atoms with Crippen LogP contribution in [0.4, 0.5) is 0 Å². The first kappa shape index (κ1) is 12.9. The molecule has 3 rings (SSSR count). The minimum absolute atomic E-state index is 0.522. The van der Waals surface area contributed by atoms with E-state index in [1.807, 2.05) is 6.20 Å². The van der Waals surface area contributed by atoms with Gasteiger partial charge in [-0.05, 0) is 43.7 Å². The van der Waals surface area contributed by atoms with Gasteiger partial charge in [-0.1, -0.05) is 13.0 Å². The molecule has 1 N–H and O–H groups in total. The van der Waals surface area contributed by atoms with E-state index >= 15 is 0 Å².